The highest BCUT2D eigenvalue weighted by Gasteiger charge is 2.27. The monoisotopic (exact) mass is 423 g/mol. The Morgan fingerprint density at radius 3 is 2.61 bits per heavy atom. The summed E-state index contributed by atoms with van der Waals surface area (Å²) in [6, 6.07) is 8.76. The first kappa shape index (κ1) is 20.8. The fourth-order valence-electron chi connectivity index (χ4n) is 3.88. The van der Waals surface area contributed by atoms with E-state index in [1.54, 1.807) is 44.4 Å². The molecule has 0 bridgehead atoms. The van der Waals surface area contributed by atoms with Crippen LogP contribution in [0.5, 0.6) is 17.2 Å². The van der Waals surface area contributed by atoms with Crippen molar-refractivity contribution in [3.63, 3.8) is 0 Å². The van der Waals surface area contributed by atoms with Gasteiger partial charge in [0.1, 0.15) is 22.7 Å². The Morgan fingerprint density at radius 1 is 1.13 bits per heavy atom. The molecule has 1 aliphatic rings. The van der Waals surface area contributed by atoms with E-state index in [0.29, 0.717) is 27.8 Å². The first-order chi connectivity index (χ1) is 14.7. The number of benzene rings is 2. The average molecular weight is 423 g/mol. The summed E-state index contributed by atoms with van der Waals surface area (Å²) in [6.45, 7) is 5.87. The Morgan fingerprint density at radius 2 is 1.90 bits per heavy atom. The molecule has 1 amide bonds. The molecule has 0 atom stereocenters. The molecule has 2 heterocycles. The van der Waals surface area contributed by atoms with Gasteiger partial charge in [-0.15, -0.1) is 0 Å². The van der Waals surface area contributed by atoms with E-state index in [4.69, 9.17) is 18.6 Å². The molecule has 0 radical (unpaired) electrons. The molecule has 7 heteroatoms. The second-order valence-electron chi connectivity index (χ2n) is 8.21. The summed E-state index contributed by atoms with van der Waals surface area (Å²) in [7, 11) is 2.99. The zero-order valence-electron chi connectivity index (χ0n) is 18.3. The number of rotatable bonds is 4. The molecule has 162 valence electrons. The molecule has 7 nitrogen and oxygen atoms in total. The van der Waals surface area contributed by atoms with Crippen LogP contribution in [0.1, 0.15) is 41.8 Å². The number of aryl methyl sites for hydroxylation is 2. The van der Waals surface area contributed by atoms with Crippen LogP contribution in [0.3, 0.4) is 0 Å². The quantitative estimate of drug-likeness (QED) is 0.623. The van der Waals surface area contributed by atoms with Crippen LogP contribution in [0.4, 0.5) is 5.69 Å². The van der Waals surface area contributed by atoms with Crippen molar-refractivity contribution in [2.24, 2.45) is 0 Å². The Kier molecular flexibility index (Phi) is 5.13. The zero-order chi connectivity index (χ0) is 22.3. The molecule has 2 aromatic carbocycles. The molecule has 1 aliphatic heterocycles. The molecule has 0 aliphatic carbocycles. The molecule has 1 aromatic heterocycles. The number of methoxy groups -OCH3 is 2. The van der Waals surface area contributed by atoms with Crippen LogP contribution >= 0.6 is 0 Å². The van der Waals surface area contributed by atoms with Crippen LogP contribution in [0.2, 0.25) is 0 Å². The number of carbonyl (C=O) groups is 1. The van der Waals surface area contributed by atoms with E-state index in [1.165, 1.54) is 7.11 Å². The Hall–Kier alpha value is -3.48. The third-order valence-electron chi connectivity index (χ3n) is 5.59. The minimum atomic E-state index is -0.697. The van der Waals surface area contributed by atoms with Gasteiger partial charge in [0.25, 0.3) is 5.91 Å². The first-order valence-electron chi connectivity index (χ1n) is 10.1. The normalized spacial score (nSPS) is 14.5. The summed E-state index contributed by atoms with van der Waals surface area (Å²) in [6.07, 6.45) is 1.67. The van der Waals surface area contributed by atoms with Crippen LogP contribution < -0.4 is 25.2 Å². The van der Waals surface area contributed by atoms with Crippen LogP contribution in [0.25, 0.3) is 11.0 Å². The van der Waals surface area contributed by atoms with E-state index >= 15 is 0 Å². The molecule has 0 spiro atoms. The molecular formula is C24H25NO6. The second-order valence-corrected chi connectivity index (χ2v) is 8.21. The van der Waals surface area contributed by atoms with Gasteiger partial charge >= 0.3 is 5.63 Å². The summed E-state index contributed by atoms with van der Waals surface area (Å²) < 4.78 is 22.3. The SMILES string of the molecule is COc1ccc2c(OC)c(NC(=O)c3ccc4c(c3)CCC(C)(C)O4)c(=O)oc2c1C. The maximum absolute atomic E-state index is 12.9. The summed E-state index contributed by atoms with van der Waals surface area (Å²) in [4.78, 5) is 25.7. The highest BCUT2D eigenvalue weighted by Crippen LogP contribution is 2.37. The predicted molar refractivity (Wildman–Crippen MR) is 118 cm³/mol. The van der Waals surface area contributed by atoms with E-state index < -0.39 is 11.5 Å². The van der Waals surface area contributed by atoms with E-state index in [9.17, 15) is 9.59 Å². The molecule has 3 aromatic rings. The highest BCUT2D eigenvalue weighted by atomic mass is 16.5. The van der Waals surface area contributed by atoms with Crippen LogP contribution in [-0.2, 0) is 6.42 Å². The molecule has 4 rings (SSSR count). The van der Waals surface area contributed by atoms with E-state index in [-0.39, 0.29) is 17.0 Å². The van der Waals surface area contributed by atoms with Crippen molar-refractivity contribution < 1.29 is 23.4 Å². The maximum Gasteiger partial charge on any atom is 0.364 e. The molecular weight excluding hydrogens is 398 g/mol. The lowest BCUT2D eigenvalue weighted by molar-refractivity contribution is 0.0846. The van der Waals surface area contributed by atoms with Crippen molar-refractivity contribution in [2.45, 2.75) is 39.2 Å². The Balaban J connectivity index is 1.71. The lowest BCUT2D eigenvalue weighted by atomic mass is 9.93. The third kappa shape index (κ3) is 3.71. The van der Waals surface area contributed by atoms with E-state index in [2.05, 4.69) is 5.32 Å². The summed E-state index contributed by atoms with van der Waals surface area (Å²) in [5.41, 5.74) is 1.45. The second kappa shape index (κ2) is 7.65. The molecule has 0 unspecified atom stereocenters. The van der Waals surface area contributed by atoms with Gasteiger partial charge in [-0.05, 0) is 69.5 Å². The Bertz CT molecular complexity index is 1240. The topological polar surface area (TPSA) is 87.0 Å². The predicted octanol–water partition coefficient (Wildman–Crippen LogP) is 4.47. The maximum atomic E-state index is 12.9. The van der Waals surface area contributed by atoms with Gasteiger partial charge in [0.15, 0.2) is 11.4 Å². The van der Waals surface area contributed by atoms with Crippen LogP contribution in [-0.4, -0.2) is 25.7 Å². The van der Waals surface area contributed by atoms with Gasteiger partial charge in [-0.25, -0.2) is 4.79 Å². The van der Waals surface area contributed by atoms with Gasteiger partial charge in [0.2, 0.25) is 0 Å². The third-order valence-corrected chi connectivity index (χ3v) is 5.59. The average Bonchev–Trinajstić information content (AvgIpc) is 2.74. The number of fused-ring (bicyclic) bond motifs is 2. The van der Waals surface area contributed by atoms with Crippen molar-refractivity contribution in [2.75, 3.05) is 19.5 Å². The van der Waals surface area contributed by atoms with Crippen LogP contribution in [0, 0.1) is 6.92 Å². The number of anilines is 1. The fraction of sp³-hybridized carbons (Fsp3) is 0.333. The molecule has 0 fully saturated rings. The van der Waals surface area contributed by atoms with Gasteiger partial charge in [0, 0.05) is 11.1 Å². The van der Waals surface area contributed by atoms with Gasteiger partial charge < -0.3 is 23.9 Å². The van der Waals surface area contributed by atoms with E-state index in [0.717, 1.165) is 24.2 Å². The summed E-state index contributed by atoms with van der Waals surface area (Å²) in [5.74, 6) is 1.19. The van der Waals surface area contributed by atoms with Gasteiger partial charge in [-0.2, -0.15) is 0 Å². The minimum Gasteiger partial charge on any atom is -0.496 e. The fourth-order valence-corrected chi connectivity index (χ4v) is 3.88. The smallest absolute Gasteiger partial charge is 0.364 e. The number of hydrogen-bond acceptors (Lipinski definition) is 6. The standard InChI is InChI=1S/C24H25NO6/c1-13-17(28-4)9-7-16-20(13)30-23(27)19(21(16)29-5)25-22(26)15-6-8-18-14(12-15)10-11-24(2,3)31-18/h6-9,12H,10-11H2,1-5H3,(H,25,26). The number of amides is 1. The summed E-state index contributed by atoms with van der Waals surface area (Å²) in [5, 5.41) is 3.23. The Labute approximate surface area is 179 Å². The molecule has 0 saturated heterocycles. The number of carbonyl (C=O) groups excluding carboxylic acids is 1. The van der Waals surface area contributed by atoms with E-state index in [1.807, 2.05) is 13.8 Å². The number of ether oxygens (including phenoxy) is 3. The van der Waals surface area contributed by atoms with Crippen molar-refractivity contribution in [3.05, 3.63) is 57.4 Å². The van der Waals surface area contributed by atoms with Gasteiger partial charge in [-0.1, -0.05) is 0 Å². The largest absolute Gasteiger partial charge is 0.496 e. The molecule has 31 heavy (non-hydrogen) atoms. The lowest BCUT2D eigenvalue weighted by Gasteiger charge is -2.32. The van der Waals surface area contributed by atoms with Crippen molar-refractivity contribution in [1.29, 1.82) is 0 Å². The van der Waals surface area contributed by atoms with Crippen LogP contribution in [0.15, 0.2) is 39.5 Å². The van der Waals surface area contributed by atoms with Gasteiger partial charge in [-0.3, -0.25) is 4.79 Å². The van der Waals surface area contributed by atoms with Crippen molar-refractivity contribution >= 4 is 22.6 Å². The zero-order valence-corrected chi connectivity index (χ0v) is 18.3. The van der Waals surface area contributed by atoms with Crippen molar-refractivity contribution in [3.8, 4) is 17.2 Å². The number of hydrogen-bond donors (Lipinski definition) is 1. The minimum absolute atomic E-state index is 0.0420. The van der Waals surface area contributed by atoms with Gasteiger partial charge in [0.05, 0.1) is 19.6 Å². The summed E-state index contributed by atoms with van der Waals surface area (Å²) >= 11 is 0. The first-order valence-corrected chi connectivity index (χ1v) is 10.1. The molecule has 0 saturated carbocycles. The van der Waals surface area contributed by atoms with Crippen molar-refractivity contribution in [1.82, 2.24) is 0 Å². The lowest BCUT2D eigenvalue weighted by Crippen LogP contribution is -2.32. The highest BCUT2D eigenvalue weighted by molar-refractivity contribution is 6.06. The molecule has 1 N–H and O–H groups in total. The number of nitrogens with one attached hydrogen (secondary N) is 1.